The van der Waals surface area contributed by atoms with E-state index >= 15 is 0 Å². The molecule has 1 fully saturated rings. The molecule has 2 heterocycles. The van der Waals surface area contributed by atoms with Crippen molar-refractivity contribution in [2.45, 2.75) is 27.2 Å². The Kier molecular flexibility index (Phi) is 5.46. The van der Waals surface area contributed by atoms with Gasteiger partial charge in [-0.3, -0.25) is 14.5 Å². The number of thioether (sulfide) groups is 1. The topological polar surface area (TPSA) is 45.6 Å². The lowest BCUT2D eigenvalue weighted by Gasteiger charge is -2.14. The van der Waals surface area contributed by atoms with Crippen molar-refractivity contribution in [2.24, 2.45) is 0 Å². The maximum absolute atomic E-state index is 12.5. The third kappa shape index (κ3) is 3.67. The van der Waals surface area contributed by atoms with Crippen LogP contribution in [0, 0.1) is 13.8 Å². The van der Waals surface area contributed by atoms with Crippen LogP contribution in [0.25, 0.3) is 11.8 Å². The summed E-state index contributed by atoms with van der Waals surface area (Å²) >= 11 is 1.03. The number of benzene rings is 1. The standard InChI is InChI=1S/C21H25N3O2S/c1-6-11-23-20(25)19(27-21(23)26)13-16-12-14(2)24(15(16)3)18-9-7-17(8-10-18)22(4)5/h7-10,12-13H,6,11H2,1-5H3/b19-13+. The third-order valence-electron chi connectivity index (χ3n) is 4.70. The Balaban J connectivity index is 1.95. The molecule has 1 aromatic heterocycles. The molecule has 0 N–H and O–H groups in total. The van der Waals surface area contributed by atoms with Gasteiger partial charge in [-0.15, -0.1) is 0 Å². The lowest BCUT2D eigenvalue weighted by Crippen LogP contribution is -2.28. The summed E-state index contributed by atoms with van der Waals surface area (Å²) in [5, 5.41) is -0.179. The Bertz CT molecular complexity index is 910. The van der Waals surface area contributed by atoms with Gasteiger partial charge in [0.05, 0.1) is 4.91 Å². The van der Waals surface area contributed by atoms with Crippen LogP contribution in [0.2, 0.25) is 0 Å². The predicted octanol–water partition coefficient (Wildman–Crippen LogP) is 4.61. The molecule has 0 spiro atoms. The number of anilines is 1. The van der Waals surface area contributed by atoms with Gasteiger partial charge in [0.25, 0.3) is 11.1 Å². The van der Waals surface area contributed by atoms with Crippen LogP contribution in [0.15, 0.2) is 35.2 Å². The Hall–Kier alpha value is -2.47. The van der Waals surface area contributed by atoms with Crippen molar-refractivity contribution in [3.8, 4) is 5.69 Å². The fraction of sp³-hybridized carbons (Fsp3) is 0.333. The zero-order chi connectivity index (χ0) is 19.7. The van der Waals surface area contributed by atoms with Crippen molar-refractivity contribution in [3.05, 3.63) is 52.2 Å². The van der Waals surface area contributed by atoms with Crippen molar-refractivity contribution in [3.63, 3.8) is 0 Å². The molecule has 0 unspecified atom stereocenters. The number of aryl methyl sites for hydroxylation is 1. The van der Waals surface area contributed by atoms with E-state index in [1.54, 1.807) is 0 Å². The normalized spacial score (nSPS) is 15.9. The minimum Gasteiger partial charge on any atom is -0.378 e. The van der Waals surface area contributed by atoms with Crippen LogP contribution in [0.5, 0.6) is 0 Å². The molecule has 0 atom stereocenters. The highest BCUT2D eigenvalue weighted by Gasteiger charge is 2.34. The van der Waals surface area contributed by atoms with E-state index in [4.69, 9.17) is 0 Å². The van der Waals surface area contributed by atoms with Crippen molar-refractivity contribution >= 4 is 34.7 Å². The summed E-state index contributed by atoms with van der Waals surface area (Å²) in [7, 11) is 4.04. The summed E-state index contributed by atoms with van der Waals surface area (Å²) in [6, 6.07) is 10.4. The largest absolute Gasteiger partial charge is 0.378 e. The van der Waals surface area contributed by atoms with Gasteiger partial charge in [-0.1, -0.05) is 6.92 Å². The van der Waals surface area contributed by atoms with E-state index < -0.39 is 0 Å². The molecule has 3 rings (SSSR count). The summed E-state index contributed by atoms with van der Waals surface area (Å²) in [4.78, 5) is 28.4. The molecule has 2 aromatic rings. The van der Waals surface area contributed by atoms with Gasteiger partial charge in [0.2, 0.25) is 0 Å². The van der Waals surface area contributed by atoms with Crippen molar-refractivity contribution in [2.75, 3.05) is 25.5 Å². The van der Waals surface area contributed by atoms with Crippen LogP contribution in [0.1, 0.15) is 30.3 Å². The first-order chi connectivity index (χ1) is 12.8. The van der Waals surface area contributed by atoms with Gasteiger partial charge in [-0.2, -0.15) is 0 Å². The highest BCUT2D eigenvalue weighted by Crippen LogP contribution is 2.34. The van der Waals surface area contributed by atoms with E-state index in [1.165, 1.54) is 4.90 Å². The molecule has 0 radical (unpaired) electrons. The number of hydrogen-bond acceptors (Lipinski definition) is 4. The van der Waals surface area contributed by atoms with Crippen LogP contribution >= 0.6 is 11.8 Å². The number of imide groups is 1. The molecule has 1 aliphatic rings. The minimum absolute atomic E-state index is 0.179. The fourth-order valence-electron chi connectivity index (χ4n) is 3.29. The maximum Gasteiger partial charge on any atom is 0.293 e. The molecule has 0 saturated carbocycles. The highest BCUT2D eigenvalue weighted by atomic mass is 32.2. The number of carbonyl (C=O) groups excluding carboxylic acids is 2. The first-order valence-corrected chi connectivity index (χ1v) is 9.87. The van der Waals surface area contributed by atoms with Gasteiger partial charge in [-0.05, 0) is 74.0 Å². The number of nitrogens with zero attached hydrogens (tertiary/aromatic N) is 3. The van der Waals surface area contributed by atoms with Crippen LogP contribution in [0.4, 0.5) is 10.5 Å². The maximum atomic E-state index is 12.5. The Morgan fingerprint density at radius 2 is 1.78 bits per heavy atom. The van der Waals surface area contributed by atoms with Gasteiger partial charge in [0.15, 0.2) is 0 Å². The van der Waals surface area contributed by atoms with Crippen LogP contribution in [0.3, 0.4) is 0 Å². The molecule has 1 aromatic carbocycles. The van der Waals surface area contributed by atoms with Crippen LogP contribution in [-0.2, 0) is 4.79 Å². The first kappa shape index (κ1) is 19.3. The molecular weight excluding hydrogens is 358 g/mol. The number of amides is 2. The van der Waals surface area contributed by atoms with Crippen molar-refractivity contribution < 1.29 is 9.59 Å². The van der Waals surface area contributed by atoms with E-state index in [9.17, 15) is 9.59 Å². The third-order valence-corrected chi connectivity index (χ3v) is 5.61. The second kappa shape index (κ2) is 7.64. The molecule has 1 saturated heterocycles. The number of aromatic nitrogens is 1. The van der Waals surface area contributed by atoms with E-state index in [2.05, 4.69) is 39.8 Å². The molecule has 0 aliphatic carbocycles. The summed E-state index contributed by atoms with van der Waals surface area (Å²) in [5.74, 6) is -0.188. The van der Waals surface area contributed by atoms with E-state index in [1.807, 2.05) is 40.9 Å². The summed E-state index contributed by atoms with van der Waals surface area (Å²) in [6.45, 7) is 6.52. The lowest BCUT2D eigenvalue weighted by atomic mass is 10.2. The van der Waals surface area contributed by atoms with Gasteiger partial charge in [0.1, 0.15) is 0 Å². The summed E-state index contributed by atoms with van der Waals surface area (Å²) in [6.07, 6.45) is 2.61. The van der Waals surface area contributed by atoms with Gasteiger partial charge in [0, 0.05) is 43.4 Å². The van der Waals surface area contributed by atoms with Crippen molar-refractivity contribution in [1.82, 2.24) is 9.47 Å². The Morgan fingerprint density at radius 1 is 1.11 bits per heavy atom. The zero-order valence-electron chi connectivity index (χ0n) is 16.4. The Labute approximate surface area is 164 Å². The molecule has 27 heavy (non-hydrogen) atoms. The summed E-state index contributed by atoms with van der Waals surface area (Å²) < 4.78 is 2.17. The average Bonchev–Trinajstić information content (AvgIpc) is 3.05. The fourth-order valence-corrected chi connectivity index (χ4v) is 4.14. The minimum atomic E-state index is -0.188. The van der Waals surface area contributed by atoms with E-state index in [0.717, 1.165) is 46.5 Å². The van der Waals surface area contributed by atoms with Crippen LogP contribution in [-0.4, -0.2) is 41.3 Å². The monoisotopic (exact) mass is 383 g/mol. The molecule has 142 valence electrons. The SMILES string of the molecule is CCCN1C(=O)S/C(=C/c2cc(C)n(-c3ccc(N(C)C)cc3)c2C)C1=O. The second-order valence-electron chi connectivity index (χ2n) is 6.91. The second-order valence-corrected chi connectivity index (χ2v) is 7.90. The molecule has 0 bridgehead atoms. The summed E-state index contributed by atoms with van der Waals surface area (Å²) in [5.41, 5.74) is 5.32. The predicted molar refractivity (Wildman–Crippen MR) is 113 cm³/mol. The van der Waals surface area contributed by atoms with E-state index in [0.29, 0.717) is 11.4 Å². The smallest absolute Gasteiger partial charge is 0.293 e. The molecule has 1 aliphatic heterocycles. The molecule has 6 heteroatoms. The molecule has 2 amide bonds. The lowest BCUT2D eigenvalue weighted by molar-refractivity contribution is -0.122. The quantitative estimate of drug-likeness (QED) is 0.708. The first-order valence-electron chi connectivity index (χ1n) is 9.05. The number of carbonyl (C=O) groups is 2. The molecular formula is C21H25N3O2S. The zero-order valence-corrected chi connectivity index (χ0v) is 17.3. The van der Waals surface area contributed by atoms with Crippen molar-refractivity contribution in [1.29, 1.82) is 0 Å². The number of hydrogen-bond donors (Lipinski definition) is 0. The van der Waals surface area contributed by atoms with Gasteiger partial charge < -0.3 is 9.47 Å². The Morgan fingerprint density at radius 3 is 2.37 bits per heavy atom. The average molecular weight is 384 g/mol. The number of rotatable bonds is 5. The molecule has 5 nitrogen and oxygen atoms in total. The van der Waals surface area contributed by atoms with E-state index in [-0.39, 0.29) is 11.1 Å². The highest BCUT2D eigenvalue weighted by molar-refractivity contribution is 8.18. The van der Waals surface area contributed by atoms with Gasteiger partial charge in [-0.25, -0.2) is 0 Å². The van der Waals surface area contributed by atoms with Crippen LogP contribution < -0.4 is 4.90 Å². The van der Waals surface area contributed by atoms with Gasteiger partial charge >= 0.3 is 0 Å².